The third-order valence-corrected chi connectivity index (χ3v) is 8.52. The van der Waals surface area contributed by atoms with E-state index in [4.69, 9.17) is 18.9 Å². The second-order valence-corrected chi connectivity index (χ2v) is 14.3. The zero-order chi connectivity index (χ0) is 44.3. The molecule has 0 fully saturated rings. The Morgan fingerprint density at radius 1 is 0.344 bits per heavy atom. The molecule has 0 radical (unpaired) electrons. The van der Waals surface area contributed by atoms with Crippen LogP contribution >= 0.6 is 11.8 Å². The minimum absolute atomic E-state index is 0. The Kier molecular flexibility index (Phi) is 52.0. The number of fused-ring (bicyclic) bond motifs is 2. The monoisotopic (exact) mass is 905 g/mol. The van der Waals surface area contributed by atoms with E-state index in [1.54, 1.807) is 54.4 Å². The summed E-state index contributed by atoms with van der Waals surface area (Å²) in [4.78, 5) is 0. The summed E-state index contributed by atoms with van der Waals surface area (Å²) in [6, 6.07) is 42.5. The summed E-state index contributed by atoms with van der Waals surface area (Å²) in [5.74, 6) is 1.85. The Labute approximate surface area is 400 Å². The van der Waals surface area contributed by atoms with Crippen molar-refractivity contribution in [1.82, 2.24) is 0 Å². The first-order valence-corrected chi connectivity index (χ1v) is 22.3. The molecule has 0 bridgehead atoms. The molecule has 0 unspecified atom stereocenters. The number of hydrogen-bond acceptors (Lipinski definition) is 6. The van der Waals surface area contributed by atoms with Gasteiger partial charge in [0.25, 0.3) is 0 Å². The lowest BCUT2D eigenvalue weighted by molar-refractivity contribution is 0.185. The molecule has 6 aromatic rings. The molecule has 0 atom stereocenters. The average Bonchev–Trinajstić information content (AvgIpc) is 3.28. The molecule has 0 N–H and O–H groups in total. The fourth-order valence-electron chi connectivity index (χ4n) is 5.34. The number of thioether (sulfide) groups is 1. The predicted molar refractivity (Wildman–Crippen MR) is 295 cm³/mol. The normalized spacial score (nSPS) is 8.84. The lowest BCUT2D eigenvalue weighted by Crippen LogP contribution is -1.87. The molecular weight excluding hydrogens is 809 g/mol. The Bertz CT molecular complexity index is 1820. The van der Waals surface area contributed by atoms with Crippen LogP contribution in [0.3, 0.4) is 0 Å². The van der Waals surface area contributed by atoms with Crippen LogP contribution in [0.15, 0.2) is 121 Å². The maximum Gasteiger partial charge on any atom is 0.119 e. The van der Waals surface area contributed by atoms with E-state index in [1.165, 1.54) is 61.3 Å². The summed E-state index contributed by atoms with van der Waals surface area (Å²) < 4.78 is 24.6. The molecular formula is C58H96O5S. The van der Waals surface area contributed by atoms with Crippen LogP contribution in [0.5, 0.6) is 11.5 Å². The molecule has 0 saturated heterocycles. The topological polar surface area (TPSA) is 46.2 Å². The molecule has 0 saturated carbocycles. The highest BCUT2D eigenvalue weighted by molar-refractivity contribution is 7.97. The molecule has 6 rings (SSSR count). The summed E-state index contributed by atoms with van der Waals surface area (Å²) in [7, 11) is 10.1. The molecule has 0 spiro atoms. The van der Waals surface area contributed by atoms with E-state index in [-0.39, 0.29) is 37.1 Å². The van der Waals surface area contributed by atoms with Gasteiger partial charge in [0, 0.05) is 28.4 Å². The quantitative estimate of drug-likeness (QED) is 0.136. The van der Waals surface area contributed by atoms with Gasteiger partial charge in [-0.1, -0.05) is 176 Å². The van der Waals surface area contributed by atoms with Crippen LogP contribution in [0.25, 0.3) is 21.5 Å². The Balaban J connectivity index is -0.000000162. The maximum atomic E-state index is 5.18. The smallest absolute Gasteiger partial charge is 0.119 e. The second-order valence-electron chi connectivity index (χ2n) is 13.5. The number of rotatable bonds is 10. The van der Waals surface area contributed by atoms with Crippen molar-refractivity contribution in [3.63, 3.8) is 0 Å². The van der Waals surface area contributed by atoms with Gasteiger partial charge < -0.3 is 23.7 Å². The first-order valence-electron chi connectivity index (χ1n) is 20.7. The molecule has 0 aliphatic heterocycles. The van der Waals surface area contributed by atoms with Gasteiger partial charge in [-0.05, 0) is 123 Å². The van der Waals surface area contributed by atoms with Crippen LogP contribution in [-0.2, 0) is 53.1 Å². The standard InChI is InChI=1S/C14H16O.C13H14O.C10H14O.C9H12O.C3H8.C2H6O.C2H6S.5CH4/c1-3-11-4-6-14-9-12(10-15-2)5-7-13(14)8-11;1-3-10-4-5-12-9-13(14-2)7-6-11(12)8-10;1-3-9-4-6-10(7-5-9)8-11-2;1-3-8-4-6-9(10-2)7-5-8;3*1-3-2;;;;;/h4-9H,3,10H2,1-2H3;4-9H,3H2,1-2H3;4-7H,3,8H2,1-2H3;4-7H,3H2,1-2H3;3H2,1-2H3;2*1-2H3;5*1H4. The minimum Gasteiger partial charge on any atom is -0.497 e. The highest BCUT2D eigenvalue weighted by Gasteiger charge is 1.99. The van der Waals surface area contributed by atoms with E-state index >= 15 is 0 Å². The second kappa shape index (κ2) is 46.7. The first-order chi connectivity index (χ1) is 28.6. The molecule has 0 amide bonds. The SMILES string of the molecule is C.C.C.C.C.CCC.CCc1ccc(COC)cc1.CCc1ccc(OC)cc1.CCc1ccc2cc(COC)ccc2c1.CCc1ccc2cc(OC)ccc2c1.COC.CSC. The average molecular weight is 905 g/mol. The number of ether oxygens (including phenoxy) is 5. The zero-order valence-electron chi connectivity index (χ0n) is 38.9. The van der Waals surface area contributed by atoms with Gasteiger partial charge in [-0.25, -0.2) is 0 Å². The van der Waals surface area contributed by atoms with E-state index in [0.717, 1.165) is 37.2 Å². The van der Waals surface area contributed by atoms with E-state index in [2.05, 4.69) is 149 Å². The molecule has 0 aliphatic rings. The number of methoxy groups -OCH3 is 5. The van der Waals surface area contributed by atoms with Crippen LogP contribution in [0.2, 0.25) is 0 Å². The molecule has 6 heteroatoms. The Morgan fingerprint density at radius 3 is 0.938 bits per heavy atom. The largest absolute Gasteiger partial charge is 0.497 e. The highest BCUT2D eigenvalue weighted by atomic mass is 32.2. The molecule has 6 aromatic carbocycles. The van der Waals surface area contributed by atoms with Crippen LogP contribution in [0, 0.1) is 0 Å². The van der Waals surface area contributed by atoms with Crippen molar-refractivity contribution in [2.45, 2.75) is 124 Å². The minimum atomic E-state index is 0. The number of aryl methyl sites for hydroxylation is 4. The molecule has 5 nitrogen and oxygen atoms in total. The predicted octanol–water partition coefficient (Wildman–Crippen LogP) is 17.5. The summed E-state index contributed by atoms with van der Waals surface area (Å²) in [5.41, 5.74) is 7.97. The van der Waals surface area contributed by atoms with Crippen molar-refractivity contribution in [2.24, 2.45) is 0 Å². The fraction of sp³-hybridized carbons (Fsp3) is 0.448. The maximum absolute atomic E-state index is 5.18. The van der Waals surface area contributed by atoms with Crippen molar-refractivity contribution in [3.05, 3.63) is 155 Å². The number of benzene rings is 6. The van der Waals surface area contributed by atoms with E-state index in [9.17, 15) is 0 Å². The van der Waals surface area contributed by atoms with Crippen molar-refractivity contribution >= 4 is 33.3 Å². The van der Waals surface area contributed by atoms with Crippen LogP contribution in [0.1, 0.15) is 118 Å². The third kappa shape index (κ3) is 30.7. The molecule has 364 valence electrons. The highest BCUT2D eigenvalue weighted by Crippen LogP contribution is 2.22. The van der Waals surface area contributed by atoms with Crippen LogP contribution in [-0.4, -0.2) is 55.2 Å². The molecule has 0 aliphatic carbocycles. The summed E-state index contributed by atoms with van der Waals surface area (Å²) in [6.45, 7) is 14.3. The van der Waals surface area contributed by atoms with Crippen molar-refractivity contribution in [2.75, 3.05) is 55.2 Å². The molecule has 0 aromatic heterocycles. The lowest BCUT2D eigenvalue weighted by atomic mass is 10.0. The Morgan fingerprint density at radius 2 is 0.594 bits per heavy atom. The van der Waals surface area contributed by atoms with E-state index in [0.29, 0.717) is 13.2 Å². The summed E-state index contributed by atoms with van der Waals surface area (Å²) in [6.07, 6.45) is 9.70. The molecule has 64 heavy (non-hydrogen) atoms. The van der Waals surface area contributed by atoms with E-state index < -0.39 is 0 Å². The van der Waals surface area contributed by atoms with Crippen LogP contribution in [0.4, 0.5) is 0 Å². The van der Waals surface area contributed by atoms with Crippen molar-refractivity contribution < 1.29 is 23.7 Å². The molecule has 0 heterocycles. The van der Waals surface area contributed by atoms with Gasteiger partial charge in [0.15, 0.2) is 0 Å². The zero-order valence-corrected chi connectivity index (χ0v) is 39.8. The van der Waals surface area contributed by atoms with Gasteiger partial charge in [0.1, 0.15) is 11.5 Å². The fourth-order valence-corrected chi connectivity index (χ4v) is 5.34. The van der Waals surface area contributed by atoms with Gasteiger partial charge in [0.2, 0.25) is 0 Å². The summed E-state index contributed by atoms with van der Waals surface area (Å²) >= 11 is 1.75. The number of hydrogen-bond donors (Lipinski definition) is 0. The van der Waals surface area contributed by atoms with Gasteiger partial charge >= 0.3 is 0 Å². The van der Waals surface area contributed by atoms with Crippen LogP contribution < -0.4 is 9.47 Å². The van der Waals surface area contributed by atoms with Gasteiger partial charge in [-0.3, -0.25) is 0 Å². The lowest BCUT2D eigenvalue weighted by Gasteiger charge is -2.04. The first kappa shape index (κ1) is 71.3. The van der Waals surface area contributed by atoms with Crippen molar-refractivity contribution in [3.8, 4) is 11.5 Å². The summed E-state index contributed by atoms with van der Waals surface area (Å²) in [5, 5.41) is 5.13. The third-order valence-electron chi connectivity index (χ3n) is 8.52. The van der Waals surface area contributed by atoms with Crippen molar-refractivity contribution in [1.29, 1.82) is 0 Å². The van der Waals surface area contributed by atoms with Gasteiger partial charge in [-0.2, -0.15) is 11.8 Å². The van der Waals surface area contributed by atoms with Gasteiger partial charge in [0.05, 0.1) is 27.4 Å². The van der Waals surface area contributed by atoms with E-state index in [1.807, 2.05) is 30.7 Å². The Hall–Kier alpha value is -4.33. The van der Waals surface area contributed by atoms with Gasteiger partial charge in [-0.15, -0.1) is 0 Å².